The Labute approximate surface area is 127 Å². The van der Waals surface area contributed by atoms with Gasteiger partial charge in [-0.05, 0) is 32.0 Å². The summed E-state index contributed by atoms with van der Waals surface area (Å²) >= 11 is 0. The predicted octanol–water partition coefficient (Wildman–Crippen LogP) is 3.16. The number of benzene rings is 1. The summed E-state index contributed by atoms with van der Waals surface area (Å²) in [5.41, 5.74) is 0.941. The topological polar surface area (TPSA) is 66.6 Å². The highest BCUT2D eigenvalue weighted by Crippen LogP contribution is 2.24. The van der Waals surface area contributed by atoms with Crippen molar-refractivity contribution in [3.05, 3.63) is 41.3 Å². The molecule has 0 atom stereocenters. The number of nitrogens with zero attached hydrogens (tertiary/aromatic N) is 2. The van der Waals surface area contributed by atoms with E-state index in [0.717, 1.165) is 25.9 Å². The second-order valence-corrected chi connectivity index (χ2v) is 5.52. The van der Waals surface area contributed by atoms with Crippen LogP contribution in [0.15, 0.2) is 28.8 Å². The van der Waals surface area contributed by atoms with Crippen LogP contribution in [-0.2, 0) is 6.54 Å². The van der Waals surface area contributed by atoms with Crippen LogP contribution in [0.2, 0.25) is 0 Å². The number of likely N-dealkylation sites (tertiary alicyclic amines) is 1. The van der Waals surface area contributed by atoms with Crippen LogP contribution >= 0.6 is 0 Å². The van der Waals surface area contributed by atoms with Gasteiger partial charge >= 0.3 is 5.97 Å². The smallest absolute Gasteiger partial charge is 0.358 e. The molecule has 0 unspecified atom stereocenters. The Balaban J connectivity index is 1.77. The molecule has 3 rings (SSSR count). The SMILES string of the molecule is O=C(O)c1cc(-c2ccc(CN3CCCCC3)c(F)c2)on1. The summed E-state index contributed by atoms with van der Waals surface area (Å²) < 4.78 is 19.2. The third kappa shape index (κ3) is 3.17. The van der Waals surface area contributed by atoms with Gasteiger partial charge in [0.25, 0.3) is 0 Å². The molecule has 0 aliphatic carbocycles. The average Bonchev–Trinajstić information content (AvgIpc) is 3.00. The zero-order valence-electron chi connectivity index (χ0n) is 12.1. The third-order valence-electron chi connectivity index (χ3n) is 3.91. The minimum atomic E-state index is -1.17. The molecule has 2 aromatic rings. The highest BCUT2D eigenvalue weighted by Gasteiger charge is 2.16. The van der Waals surface area contributed by atoms with E-state index in [0.29, 0.717) is 17.7 Å². The Bertz CT molecular complexity index is 678. The van der Waals surface area contributed by atoms with Crippen LogP contribution in [0.3, 0.4) is 0 Å². The van der Waals surface area contributed by atoms with Crippen LogP contribution in [0, 0.1) is 5.82 Å². The molecule has 0 spiro atoms. The van der Waals surface area contributed by atoms with E-state index in [1.807, 2.05) is 0 Å². The number of hydrogen-bond acceptors (Lipinski definition) is 4. The zero-order chi connectivity index (χ0) is 15.5. The molecule has 1 N–H and O–H groups in total. The van der Waals surface area contributed by atoms with Gasteiger partial charge in [-0.3, -0.25) is 4.90 Å². The first-order valence-electron chi connectivity index (χ1n) is 7.34. The minimum Gasteiger partial charge on any atom is -0.476 e. The Morgan fingerprint density at radius 1 is 1.27 bits per heavy atom. The maximum Gasteiger partial charge on any atom is 0.358 e. The Hall–Kier alpha value is -2.21. The number of carbonyl (C=O) groups is 1. The lowest BCUT2D eigenvalue weighted by molar-refractivity contribution is 0.0686. The predicted molar refractivity (Wildman–Crippen MR) is 78.0 cm³/mol. The summed E-state index contributed by atoms with van der Waals surface area (Å²) in [6, 6.07) is 6.11. The van der Waals surface area contributed by atoms with E-state index in [4.69, 9.17) is 9.63 Å². The van der Waals surface area contributed by atoms with Crippen LogP contribution in [-0.4, -0.2) is 34.2 Å². The van der Waals surface area contributed by atoms with Crippen molar-refractivity contribution in [1.29, 1.82) is 0 Å². The molecule has 0 radical (unpaired) electrons. The second kappa shape index (κ2) is 6.27. The van der Waals surface area contributed by atoms with E-state index in [9.17, 15) is 9.18 Å². The van der Waals surface area contributed by atoms with Crippen LogP contribution in [0.1, 0.15) is 35.3 Å². The molecule has 1 aromatic heterocycles. The molecule has 0 bridgehead atoms. The summed E-state index contributed by atoms with van der Waals surface area (Å²) in [4.78, 5) is 13.0. The van der Waals surface area contributed by atoms with Crippen molar-refractivity contribution in [2.75, 3.05) is 13.1 Å². The number of piperidine rings is 1. The number of rotatable bonds is 4. The first-order chi connectivity index (χ1) is 10.6. The van der Waals surface area contributed by atoms with E-state index in [1.165, 1.54) is 18.6 Å². The molecular formula is C16H17FN2O3. The van der Waals surface area contributed by atoms with Crippen molar-refractivity contribution >= 4 is 5.97 Å². The fourth-order valence-corrected chi connectivity index (χ4v) is 2.70. The molecule has 1 fully saturated rings. The third-order valence-corrected chi connectivity index (χ3v) is 3.91. The molecule has 1 aliphatic rings. The van der Waals surface area contributed by atoms with E-state index in [-0.39, 0.29) is 17.3 Å². The summed E-state index contributed by atoms with van der Waals surface area (Å²) in [7, 11) is 0. The number of aromatic carboxylic acids is 1. The lowest BCUT2D eigenvalue weighted by Gasteiger charge is -2.26. The van der Waals surface area contributed by atoms with E-state index >= 15 is 0 Å². The molecule has 1 aromatic carbocycles. The molecule has 116 valence electrons. The Kier molecular flexibility index (Phi) is 4.20. The van der Waals surface area contributed by atoms with Crippen molar-refractivity contribution in [2.45, 2.75) is 25.8 Å². The van der Waals surface area contributed by atoms with Gasteiger partial charge < -0.3 is 9.63 Å². The van der Waals surface area contributed by atoms with Gasteiger partial charge in [0.1, 0.15) is 5.82 Å². The number of carboxylic acid groups (broad SMARTS) is 1. The zero-order valence-corrected chi connectivity index (χ0v) is 12.1. The Morgan fingerprint density at radius 3 is 2.68 bits per heavy atom. The summed E-state index contributed by atoms with van der Waals surface area (Å²) in [5.74, 6) is -1.23. The van der Waals surface area contributed by atoms with Gasteiger partial charge in [-0.1, -0.05) is 23.7 Å². The van der Waals surface area contributed by atoms with Gasteiger partial charge in [-0.25, -0.2) is 9.18 Å². The minimum absolute atomic E-state index is 0.187. The van der Waals surface area contributed by atoms with E-state index in [2.05, 4.69) is 10.1 Å². The van der Waals surface area contributed by atoms with Crippen LogP contribution in [0.5, 0.6) is 0 Å². The van der Waals surface area contributed by atoms with Gasteiger partial charge in [0, 0.05) is 23.7 Å². The van der Waals surface area contributed by atoms with Crippen molar-refractivity contribution < 1.29 is 18.8 Å². The fourth-order valence-electron chi connectivity index (χ4n) is 2.70. The molecule has 0 amide bonds. The van der Waals surface area contributed by atoms with Crippen molar-refractivity contribution in [2.24, 2.45) is 0 Å². The summed E-state index contributed by atoms with van der Waals surface area (Å²) in [6.45, 7) is 2.61. The molecule has 0 saturated carbocycles. The summed E-state index contributed by atoms with van der Waals surface area (Å²) in [5, 5.41) is 12.3. The van der Waals surface area contributed by atoms with Gasteiger partial charge in [0.2, 0.25) is 0 Å². The van der Waals surface area contributed by atoms with Gasteiger partial charge in [-0.15, -0.1) is 0 Å². The molecular weight excluding hydrogens is 287 g/mol. The lowest BCUT2D eigenvalue weighted by Crippen LogP contribution is -2.29. The van der Waals surface area contributed by atoms with Crippen molar-refractivity contribution in [3.8, 4) is 11.3 Å². The summed E-state index contributed by atoms with van der Waals surface area (Å²) in [6.07, 6.45) is 3.57. The first-order valence-corrected chi connectivity index (χ1v) is 7.34. The normalized spacial score (nSPS) is 15.9. The average molecular weight is 304 g/mol. The monoisotopic (exact) mass is 304 g/mol. The van der Waals surface area contributed by atoms with Gasteiger partial charge in [-0.2, -0.15) is 0 Å². The van der Waals surface area contributed by atoms with Crippen LogP contribution < -0.4 is 0 Å². The number of hydrogen-bond donors (Lipinski definition) is 1. The van der Waals surface area contributed by atoms with Crippen molar-refractivity contribution in [1.82, 2.24) is 10.1 Å². The molecule has 1 aliphatic heterocycles. The molecule has 5 nitrogen and oxygen atoms in total. The highest BCUT2D eigenvalue weighted by molar-refractivity contribution is 5.86. The highest BCUT2D eigenvalue weighted by atomic mass is 19.1. The quantitative estimate of drug-likeness (QED) is 0.939. The van der Waals surface area contributed by atoms with Crippen molar-refractivity contribution in [3.63, 3.8) is 0 Å². The maximum atomic E-state index is 14.3. The van der Waals surface area contributed by atoms with Crippen LogP contribution in [0.25, 0.3) is 11.3 Å². The van der Waals surface area contributed by atoms with E-state index < -0.39 is 5.97 Å². The molecule has 6 heteroatoms. The van der Waals surface area contributed by atoms with E-state index in [1.54, 1.807) is 12.1 Å². The second-order valence-electron chi connectivity index (χ2n) is 5.52. The lowest BCUT2D eigenvalue weighted by atomic mass is 10.1. The Morgan fingerprint density at radius 2 is 2.05 bits per heavy atom. The largest absolute Gasteiger partial charge is 0.476 e. The number of halogens is 1. The maximum absolute atomic E-state index is 14.3. The van der Waals surface area contributed by atoms with Gasteiger partial charge in [0.15, 0.2) is 11.5 Å². The standard InChI is InChI=1S/C16H17FN2O3/c17-13-8-11(15-9-14(16(20)21)18-22-15)4-5-12(13)10-19-6-2-1-3-7-19/h4-5,8-9H,1-3,6-7,10H2,(H,20,21). The first kappa shape index (κ1) is 14.7. The molecule has 22 heavy (non-hydrogen) atoms. The van der Waals surface area contributed by atoms with Gasteiger partial charge in [0.05, 0.1) is 0 Å². The molecule has 1 saturated heterocycles. The molecule has 2 heterocycles. The fraction of sp³-hybridized carbons (Fsp3) is 0.375. The number of carboxylic acids is 1. The van der Waals surface area contributed by atoms with Crippen LogP contribution in [0.4, 0.5) is 4.39 Å². The number of aromatic nitrogens is 1.